The van der Waals surface area contributed by atoms with Crippen LogP contribution in [0.1, 0.15) is 5.82 Å². The number of nitrogens with one attached hydrogen (secondary N) is 2. The SMILES string of the molecule is Cc1nc2cc(Nc3ccncc3N)ccc2[nH]1. The second-order valence-electron chi connectivity index (χ2n) is 4.14. The van der Waals surface area contributed by atoms with E-state index < -0.39 is 0 Å². The number of imidazole rings is 1. The lowest BCUT2D eigenvalue weighted by atomic mass is 10.2. The molecule has 5 heteroatoms. The lowest BCUT2D eigenvalue weighted by molar-refractivity contribution is 1.17. The van der Waals surface area contributed by atoms with Crippen LogP contribution < -0.4 is 11.1 Å². The lowest BCUT2D eigenvalue weighted by Crippen LogP contribution is -1.96. The topological polar surface area (TPSA) is 79.6 Å². The first kappa shape index (κ1) is 10.6. The van der Waals surface area contributed by atoms with Crippen molar-refractivity contribution >= 4 is 28.1 Å². The summed E-state index contributed by atoms with van der Waals surface area (Å²) in [5.41, 5.74) is 10.2. The van der Waals surface area contributed by atoms with E-state index in [2.05, 4.69) is 20.3 Å². The summed E-state index contributed by atoms with van der Waals surface area (Å²) in [6, 6.07) is 7.81. The van der Waals surface area contributed by atoms with Gasteiger partial charge in [0.1, 0.15) is 5.82 Å². The van der Waals surface area contributed by atoms with Crippen molar-refractivity contribution in [1.82, 2.24) is 15.0 Å². The first-order valence-corrected chi connectivity index (χ1v) is 5.65. The standard InChI is InChI=1S/C13H13N5/c1-8-16-12-3-2-9(6-13(12)17-8)18-11-4-5-15-7-10(11)14/h2-7H,14H2,1H3,(H,15,18)(H,16,17). The molecular formula is C13H13N5. The Kier molecular flexibility index (Phi) is 2.37. The molecule has 2 heterocycles. The summed E-state index contributed by atoms with van der Waals surface area (Å²) in [6.07, 6.45) is 3.33. The summed E-state index contributed by atoms with van der Waals surface area (Å²) < 4.78 is 0. The van der Waals surface area contributed by atoms with Crippen LogP contribution in [0.4, 0.5) is 17.1 Å². The maximum Gasteiger partial charge on any atom is 0.104 e. The van der Waals surface area contributed by atoms with Crippen molar-refractivity contribution in [2.75, 3.05) is 11.1 Å². The molecule has 0 saturated heterocycles. The minimum absolute atomic E-state index is 0.621. The van der Waals surface area contributed by atoms with Gasteiger partial charge in [0.2, 0.25) is 0 Å². The third-order valence-electron chi connectivity index (χ3n) is 2.73. The van der Waals surface area contributed by atoms with E-state index in [1.807, 2.05) is 31.2 Å². The molecule has 0 spiro atoms. The van der Waals surface area contributed by atoms with Gasteiger partial charge in [-0.15, -0.1) is 0 Å². The molecule has 0 saturated carbocycles. The number of nitrogen functional groups attached to an aromatic ring is 1. The van der Waals surface area contributed by atoms with Gasteiger partial charge in [-0.1, -0.05) is 0 Å². The van der Waals surface area contributed by atoms with Crippen LogP contribution >= 0.6 is 0 Å². The van der Waals surface area contributed by atoms with Gasteiger partial charge in [0, 0.05) is 11.9 Å². The van der Waals surface area contributed by atoms with E-state index in [-0.39, 0.29) is 0 Å². The monoisotopic (exact) mass is 239 g/mol. The number of benzene rings is 1. The quantitative estimate of drug-likeness (QED) is 0.642. The Bertz CT molecular complexity index is 701. The number of hydrogen-bond donors (Lipinski definition) is 3. The molecule has 18 heavy (non-hydrogen) atoms. The zero-order chi connectivity index (χ0) is 12.5. The lowest BCUT2D eigenvalue weighted by Gasteiger charge is -2.08. The van der Waals surface area contributed by atoms with Gasteiger partial charge in [-0.05, 0) is 31.2 Å². The first-order valence-electron chi connectivity index (χ1n) is 5.65. The molecule has 5 nitrogen and oxygen atoms in total. The van der Waals surface area contributed by atoms with Crippen LogP contribution in [0.2, 0.25) is 0 Å². The predicted molar refractivity (Wildman–Crippen MR) is 72.8 cm³/mol. The Morgan fingerprint density at radius 1 is 1.28 bits per heavy atom. The number of nitrogens with zero attached hydrogens (tertiary/aromatic N) is 2. The summed E-state index contributed by atoms with van der Waals surface area (Å²) in [5, 5.41) is 3.25. The van der Waals surface area contributed by atoms with Crippen molar-refractivity contribution in [2.24, 2.45) is 0 Å². The van der Waals surface area contributed by atoms with E-state index in [1.54, 1.807) is 12.4 Å². The van der Waals surface area contributed by atoms with Crippen LogP contribution in [-0.4, -0.2) is 15.0 Å². The number of anilines is 3. The van der Waals surface area contributed by atoms with Crippen LogP contribution in [0.3, 0.4) is 0 Å². The highest BCUT2D eigenvalue weighted by atomic mass is 14.9. The number of rotatable bonds is 2. The van der Waals surface area contributed by atoms with Crippen LogP contribution in [0, 0.1) is 6.92 Å². The molecule has 0 atom stereocenters. The molecule has 4 N–H and O–H groups in total. The fourth-order valence-electron chi connectivity index (χ4n) is 1.89. The van der Waals surface area contributed by atoms with Crippen molar-refractivity contribution < 1.29 is 0 Å². The van der Waals surface area contributed by atoms with E-state index in [1.165, 1.54) is 0 Å². The van der Waals surface area contributed by atoms with Crippen molar-refractivity contribution in [2.45, 2.75) is 6.92 Å². The number of H-pyrrole nitrogens is 1. The van der Waals surface area contributed by atoms with Gasteiger partial charge in [-0.3, -0.25) is 4.98 Å². The Hall–Kier alpha value is -2.56. The van der Waals surface area contributed by atoms with E-state index in [9.17, 15) is 0 Å². The van der Waals surface area contributed by atoms with E-state index in [4.69, 9.17) is 5.73 Å². The number of pyridine rings is 1. The summed E-state index contributed by atoms with van der Waals surface area (Å²) in [5.74, 6) is 0.908. The molecule has 3 rings (SSSR count). The maximum atomic E-state index is 5.84. The second-order valence-corrected chi connectivity index (χ2v) is 4.14. The second kappa shape index (κ2) is 4.03. The minimum atomic E-state index is 0.621. The average molecular weight is 239 g/mol. The molecule has 0 fully saturated rings. The molecular weight excluding hydrogens is 226 g/mol. The molecule has 3 aromatic rings. The highest BCUT2D eigenvalue weighted by Gasteiger charge is 2.02. The normalized spacial score (nSPS) is 10.7. The molecule has 90 valence electrons. The average Bonchev–Trinajstić information content (AvgIpc) is 2.71. The van der Waals surface area contributed by atoms with Crippen molar-refractivity contribution in [3.8, 4) is 0 Å². The van der Waals surface area contributed by atoms with Crippen LogP contribution in [0.5, 0.6) is 0 Å². The fraction of sp³-hybridized carbons (Fsp3) is 0.0769. The number of aryl methyl sites for hydroxylation is 1. The Labute approximate surface area is 104 Å². The van der Waals surface area contributed by atoms with Gasteiger partial charge in [0.15, 0.2) is 0 Å². The third-order valence-corrected chi connectivity index (χ3v) is 2.73. The summed E-state index contributed by atoms with van der Waals surface area (Å²) in [7, 11) is 0. The number of aromatic nitrogens is 3. The number of aromatic amines is 1. The summed E-state index contributed by atoms with van der Waals surface area (Å²) in [4.78, 5) is 11.5. The maximum absolute atomic E-state index is 5.84. The van der Waals surface area contributed by atoms with Crippen LogP contribution in [0.15, 0.2) is 36.7 Å². The zero-order valence-electron chi connectivity index (χ0n) is 9.94. The van der Waals surface area contributed by atoms with Crippen molar-refractivity contribution in [3.63, 3.8) is 0 Å². The zero-order valence-corrected chi connectivity index (χ0v) is 9.94. The summed E-state index contributed by atoms with van der Waals surface area (Å²) in [6.45, 7) is 1.94. The molecule has 2 aromatic heterocycles. The Morgan fingerprint density at radius 3 is 3.00 bits per heavy atom. The van der Waals surface area contributed by atoms with Gasteiger partial charge in [0.05, 0.1) is 28.6 Å². The highest BCUT2D eigenvalue weighted by Crippen LogP contribution is 2.24. The van der Waals surface area contributed by atoms with Gasteiger partial charge in [0.25, 0.3) is 0 Å². The highest BCUT2D eigenvalue weighted by molar-refractivity contribution is 5.82. The van der Waals surface area contributed by atoms with Gasteiger partial charge in [-0.25, -0.2) is 4.98 Å². The van der Waals surface area contributed by atoms with Crippen LogP contribution in [-0.2, 0) is 0 Å². The Morgan fingerprint density at radius 2 is 2.17 bits per heavy atom. The molecule has 0 amide bonds. The summed E-state index contributed by atoms with van der Waals surface area (Å²) >= 11 is 0. The molecule has 0 bridgehead atoms. The molecule has 1 aromatic carbocycles. The molecule has 0 unspecified atom stereocenters. The number of nitrogens with two attached hydrogens (primary N) is 1. The molecule has 0 radical (unpaired) electrons. The van der Waals surface area contributed by atoms with Gasteiger partial charge < -0.3 is 16.0 Å². The van der Waals surface area contributed by atoms with Gasteiger partial charge in [-0.2, -0.15) is 0 Å². The first-order chi connectivity index (χ1) is 8.72. The number of hydrogen-bond acceptors (Lipinski definition) is 4. The third kappa shape index (κ3) is 1.86. The van der Waals surface area contributed by atoms with Crippen molar-refractivity contribution in [1.29, 1.82) is 0 Å². The van der Waals surface area contributed by atoms with E-state index in [0.717, 1.165) is 28.2 Å². The van der Waals surface area contributed by atoms with E-state index >= 15 is 0 Å². The van der Waals surface area contributed by atoms with E-state index in [0.29, 0.717) is 5.69 Å². The minimum Gasteiger partial charge on any atom is -0.396 e. The smallest absolute Gasteiger partial charge is 0.104 e. The largest absolute Gasteiger partial charge is 0.396 e. The van der Waals surface area contributed by atoms with Crippen molar-refractivity contribution in [3.05, 3.63) is 42.5 Å². The van der Waals surface area contributed by atoms with Crippen LogP contribution in [0.25, 0.3) is 11.0 Å². The molecule has 0 aliphatic rings. The number of fused-ring (bicyclic) bond motifs is 1. The molecule has 0 aliphatic carbocycles. The van der Waals surface area contributed by atoms with Gasteiger partial charge >= 0.3 is 0 Å². The molecule has 0 aliphatic heterocycles. The predicted octanol–water partition coefficient (Wildman–Crippen LogP) is 2.59. The Balaban J connectivity index is 1.97. The fourth-order valence-corrected chi connectivity index (χ4v) is 1.89.